The number of hydrogen-bond donors (Lipinski definition) is 2. The highest BCUT2D eigenvalue weighted by atomic mass is 32.2. The van der Waals surface area contributed by atoms with Crippen molar-refractivity contribution < 1.29 is 10.0 Å². The third-order valence-corrected chi connectivity index (χ3v) is 5.13. The molecule has 0 aromatic carbocycles. The van der Waals surface area contributed by atoms with Gasteiger partial charge < -0.3 is 10.2 Å². The summed E-state index contributed by atoms with van der Waals surface area (Å²) in [5.41, 5.74) is 0. The highest BCUT2D eigenvalue weighted by Crippen LogP contribution is 2.42. The molecule has 1 saturated heterocycles. The van der Waals surface area contributed by atoms with Gasteiger partial charge in [-0.3, -0.25) is 5.21 Å². The summed E-state index contributed by atoms with van der Waals surface area (Å²) in [6.07, 6.45) is 3.51. The summed E-state index contributed by atoms with van der Waals surface area (Å²) in [5.74, 6) is 0. The van der Waals surface area contributed by atoms with E-state index in [1.807, 2.05) is 18.7 Å². The Morgan fingerprint density at radius 3 is 2.62 bits per heavy atom. The van der Waals surface area contributed by atoms with Gasteiger partial charge in [0.15, 0.2) is 0 Å². The zero-order chi connectivity index (χ0) is 16.0. The number of thiocarbonyl (C=S) groups is 1. The normalized spacial score (nSPS) is 20.7. The molecule has 0 aromatic heterocycles. The molecule has 1 aliphatic rings. The molecule has 21 heavy (non-hydrogen) atoms. The van der Waals surface area contributed by atoms with E-state index in [-0.39, 0.29) is 4.75 Å². The van der Waals surface area contributed by atoms with Gasteiger partial charge in [-0.2, -0.15) is 5.06 Å². The fourth-order valence-corrected chi connectivity index (χ4v) is 4.27. The first-order chi connectivity index (χ1) is 9.85. The van der Waals surface area contributed by atoms with Crippen LogP contribution in [0, 0.1) is 0 Å². The molecule has 0 bridgehead atoms. The van der Waals surface area contributed by atoms with Crippen LogP contribution < -0.4 is 5.32 Å². The van der Waals surface area contributed by atoms with Gasteiger partial charge in [0.25, 0.3) is 0 Å². The monoisotopic (exact) mass is 333 g/mol. The molecular weight excluding hydrogens is 306 g/mol. The highest BCUT2D eigenvalue weighted by Gasteiger charge is 2.48. The molecule has 5 nitrogen and oxygen atoms in total. The number of nitrogens with one attached hydrogen (secondary N) is 1. The number of amides is 2. The summed E-state index contributed by atoms with van der Waals surface area (Å²) in [5, 5.41) is 13.9. The van der Waals surface area contributed by atoms with E-state index in [4.69, 9.17) is 12.2 Å². The largest absolute Gasteiger partial charge is 0.343 e. The number of carbonyl (C=O) groups is 1. The summed E-state index contributed by atoms with van der Waals surface area (Å²) in [7, 11) is 0. The van der Waals surface area contributed by atoms with Crippen molar-refractivity contribution in [2.45, 2.75) is 64.3 Å². The number of unbranched alkanes of at least 4 members (excludes halogenated alkanes) is 2. The van der Waals surface area contributed by atoms with Crippen LogP contribution in [-0.4, -0.2) is 49.5 Å². The van der Waals surface area contributed by atoms with Crippen LogP contribution in [-0.2, 0) is 0 Å². The second-order valence-electron chi connectivity index (χ2n) is 5.82. The van der Waals surface area contributed by atoms with Gasteiger partial charge in [-0.05, 0) is 26.7 Å². The Morgan fingerprint density at radius 2 is 2.05 bits per heavy atom. The van der Waals surface area contributed by atoms with Crippen molar-refractivity contribution in [2.75, 3.05) is 13.1 Å². The van der Waals surface area contributed by atoms with E-state index in [9.17, 15) is 10.0 Å². The molecule has 2 amide bonds. The first-order valence-electron chi connectivity index (χ1n) is 7.60. The van der Waals surface area contributed by atoms with Crippen LogP contribution in [0.25, 0.3) is 0 Å². The minimum absolute atomic E-state index is 0.332. The fraction of sp³-hybridized carbons (Fsp3) is 0.857. The van der Waals surface area contributed by atoms with Crippen LogP contribution in [0.4, 0.5) is 4.79 Å². The Hall–Kier alpha value is -0.530. The average molecular weight is 334 g/mol. The number of thioether (sulfide) groups is 1. The minimum atomic E-state index is -0.451. The SMILES string of the molecule is CCCCNC(=O)N(O)[C@@H]1N(CCCC)C(=S)SC1(C)C. The Kier molecular flexibility index (Phi) is 7.23. The maximum atomic E-state index is 12.1. The van der Waals surface area contributed by atoms with E-state index in [1.165, 1.54) is 11.8 Å². The zero-order valence-corrected chi connectivity index (χ0v) is 15.0. The van der Waals surface area contributed by atoms with E-state index in [1.54, 1.807) is 0 Å². The smallest absolute Gasteiger partial charge is 0.336 e. The second-order valence-corrected chi connectivity index (χ2v) is 8.11. The molecule has 1 rings (SSSR count). The Bertz CT molecular complexity index is 377. The lowest BCUT2D eigenvalue weighted by atomic mass is 10.1. The van der Waals surface area contributed by atoms with Crippen molar-refractivity contribution in [3.05, 3.63) is 0 Å². The topological polar surface area (TPSA) is 55.8 Å². The molecule has 0 saturated carbocycles. The van der Waals surface area contributed by atoms with Gasteiger partial charge >= 0.3 is 6.03 Å². The van der Waals surface area contributed by atoms with Crippen molar-refractivity contribution >= 4 is 34.3 Å². The van der Waals surface area contributed by atoms with Crippen LogP contribution in [0.3, 0.4) is 0 Å². The third kappa shape index (κ3) is 4.72. The molecule has 1 aliphatic heterocycles. The van der Waals surface area contributed by atoms with Crippen LogP contribution in [0.2, 0.25) is 0 Å². The van der Waals surface area contributed by atoms with Crippen LogP contribution >= 0.6 is 24.0 Å². The molecule has 0 aromatic rings. The maximum Gasteiger partial charge on any atom is 0.343 e. The molecule has 0 aliphatic carbocycles. The van der Waals surface area contributed by atoms with E-state index in [2.05, 4.69) is 19.2 Å². The van der Waals surface area contributed by atoms with Crippen LogP contribution in [0.5, 0.6) is 0 Å². The quantitative estimate of drug-likeness (QED) is 0.323. The number of urea groups is 1. The first-order valence-corrected chi connectivity index (χ1v) is 8.83. The summed E-state index contributed by atoms with van der Waals surface area (Å²) in [6, 6.07) is -0.451. The summed E-state index contributed by atoms with van der Waals surface area (Å²) < 4.78 is 0.417. The molecule has 0 unspecified atom stereocenters. The lowest BCUT2D eigenvalue weighted by molar-refractivity contribution is -0.118. The minimum Gasteiger partial charge on any atom is -0.336 e. The Balaban J connectivity index is 2.77. The van der Waals surface area contributed by atoms with E-state index in [0.717, 1.165) is 41.6 Å². The average Bonchev–Trinajstić information content (AvgIpc) is 2.64. The molecule has 1 heterocycles. The van der Waals surface area contributed by atoms with Gasteiger partial charge in [0.2, 0.25) is 0 Å². The molecule has 2 N–H and O–H groups in total. The summed E-state index contributed by atoms with van der Waals surface area (Å²) in [4.78, 5) is 14.1. The predicted octanol–water partition coefficient (Wildman–Crippen LogP) is 3.43. The van der Waals surface area contributed by atoms with Crippen molar-refractivity contribution in [3.63, 3.8) is 0 Å². The predicted molar refractivity (Wildman–Crippen MR) is 91.6 cm³/mol. The lowest BCUT2D eigenvalue weighted by Gasteiger charge is -2.36. The van der Waals surface area contributed by atoms with Crippen molar-refractivity contribution in [1.29, 1.82) is 0 Å². The van der Waals surface area contributed by atoms with Crippen LogP contribution in [0.15, 0.2) is 0 Å². The number of nitrogens with zero attached hydrogens (tertiary/aromatic N) is 2. The number of hydrogen-bond acceptors (Lipinski definition) is 4. The lowest BCUT2D eigenvalue weighted by Crippen LogP contribution is -2.57. The molecule has 0 spiro atoms. The van der Waals surface area contributed by atoms with Crippen molar-refractivity contribution in [3.8, 4) is 0 Å². The molecule has 7 heteroatoms. The fourth-order valence-electron chi connectivity index (χ4n) is 2.34. The second kappa shape index (κ2) is 8.19. The molecular formula is C14H27N3O2S2. The van der Waals surface area contributed by atoms with Crippen molar-refractivity contribution in [1.82, 2.24) is 15.3 Å². The summed E-state index contributed by atoms with van der Waals surface area (Å²) in [6.45, 7) is 9.51. The number of rotatable bonds is 7. The van der Waals surface area contributed by atoms with Gasteiger partial charge in [0, 0.05) is 13.1 Å². The molecule has 1 fully saturated rings. The van der Waals surface area contributed by atoms with E-state index in [0.29, 0.717) is 6.54 Å². The molecule has 1 atom stereocenters. The molecule has 0 radical (unpaired) electrons. The van der Waals surface area contributed by atoms with E-state index < -0.39 is 12.2 Å². The first kappa shape index (κ1) is 18.5. The number of hydroxylamine groups is 2. The standard InChI is InChI=1S/C14H27N3O2S2/c1-5-7-9-15-12(18)17(19)11-14(3,4)21-13(20)16(11)10-8-6-2/h11,19H,5-10H2,1-4H3,(H,15,18)/t11-/m0/s1. The Morgan fingerprint density at radius 1 is 1.43 bits per heavy atom. The van der Waals surface area contributed by atoms with Gasteiger partial charge in [-0.25, -0.2) is 4.79 Å². The van der Waals surface area contributed by atoms with E-state index >= 15 is 0 Å². The van der Waals surface area contributed by atoms with Crippen molar-refractivity contribution in [2.24, 2.45) is 0 Å². The van der Waals surface area contributed by atoms with Gasteiger partial charge in [0.05, 0.1) is 4.75 Å². The van der Waals surface area contributed by atoms with Gasteiger partial charge in [0.1, 0.15) is 10.5 Å². The summed E-state index contributed by atoms with van der Waals surface area (Å²) >= 11 is 6.95. The zero-order valence-electron chi connectivity index (χ0n) is 13.4. The van der Waals surface area contributed by atoms with Gasteiger partial charge in [-0.15, -0.1) is 0 Å². The highest BCUT2D eigenvalue weighted by molar-refractivity contribution is 8.24. The molecule has 122 valence electrons. The number of carbonyl (C=O) groups excluding carboxylic acids is 1. The maximum absolute atomic E-state index is 12.1. The van der Waals surface area contributed by atoms with Crippen LogP contribution in [0.1, 0.15) is 53.4 Å². The van der Waals surface area contributed by atoms with Gasteiger partial charge in [-0.1, -0.05) is 50.7 Å². The Labute approximate surface area is 137 Å². The third-order valence-electron chi connectivity index (χ3n) is 3.50.